The molecule has 0 aromatic heterocycles. The number of rotatable bonds is 3. The van der Waals surface area contributed by atoms with Crippen LogP contribution in [0.15, 0.2) is 0 Å². The Bertz CT molecular complexity index is 345. The van der Waals surface area contributed by atoms with Gasteiger partial charge in [-0.2, -0.15) is 0 Å². The van der Waals surface area contributed by atoms with Gasteiger partial charge in [0.15, 0.2) is 0 Å². The molecule has 4 nitrogen and oxygen atoms in total. The lowest BCUT2D eigenvalue weighted by Crippen LogP contribution is -2.74. The van der Waals surface area contributed by atoms with E-state index < -0.39 is 11.1 Å². The number of hydrogen-bond acceptors (Lipinski definition) is 2. The monoisotopic (exact) mass is 269 g/mol. The van der Waals surface area contributed by atoms with Crippen molar-refractivity contribution in [3.8, 4) is 0 Å². The van der Waals surface area contributed by atoms with Crippen molar-refractivity contribution < 1.29 is 10.0 Å². The smallest absolute Gasteiger partial charge is 0.246 e. The van der Waals surface area contributed by atoms with E-state index in [9.17, 15) is 10.0 Å². The summed E-state index contributed by atoms with van der Waals surface area (Å²) >= 11 is 0. The Kier molecular flexibility index (Phi) is 4.38. The maximum absolute atomic E-state index is 12.9. The van der Waals surface area contributed by atoms with Crippen LogP contribution in [0.4, 0.5) is 0 Å². The highest BCUT2D eigenvalue weighted by Gasteiger charge is 2.57. The SMILES string of the molecule is CCC1(C)CN(C(C)(C)C)C(=O)C(CC)(CC)N1[O]. The first-order valence-corrected chi connectivity index (χ1v) is 7.38. The molecular formula is C15H29N2O2. The molecular weight excluding hydrogens is 240 g/mol. The average molecular weight is 269 g/mol. The molecule has 0 N–H and O–H groups in total. The summed E-state index contributed by atoms with van der Waals surface area (Å²) in [6, 6.07) is 0. The van der Waals surface area contributed by atoms with Crippen molar-refractivity contribution in [2.24, 2.45) is 0 Å². The van der Waals surface area contributed by atoms with Crippen LogP contribution in [0.2, 0.25) is 0 Å². The third-order valence-corrected chi connectivity index (χ3v) is 4.76. The van der Waals surface area contributed by atoms with Gasteiger partial charge in [-0.15, -0.1) is 10.3 Å². The first-order valence-electron chi connectivity index (χ1n) is 7.38. The van der Waals surface area contributed by atoms with Crippen molar-refractivity contribution >= 4 is 5.91 Å². The number of piperazine rings is 1. The van der Waals surface area contributed by atoms with E-state index in [4.69, 9.17) is 0 Å². The summed E-state index contributed by atoms with van der Waals surface area (Å²) in [5.41, 5.74) is -1.63. The summed E-state index contributed by atoms with van der Waals surface area (Å²) in [7, 11) is 0. The van der Waals surface area contributed by atoms with Gasteiger partial charge >= 0.3 is 0 Å². The zero-order chi connectivity index (χ0) is 15.1. The molecule has 111 valence electrons. The molecule has 0 saturated carbocycles. The van der Waals surface area contributed by atoms with Crippen molar-refractivity contribution in [2.75, 3.05) is 6.54 Å². The molecule has 0 aromatic carbocycles. The standard InChI is InChI=1S/C15H29N2O2/c1-8-14(7)11-16(13(4,5)6)12(18)15(9-2,10-3)17(14)19/h8-11H2,1-7H3. The highest BCUT2D eigenvalue weighted by molar-refractivity contribution is 5.88. The Labute approximate surface area is 117 Å². The summed E-state index contributed by atoms with van der Waals surface area (Å²) < 4.78 is 0. The number of amides is 1. The summed E-state index contributed by atoms with van der Waals surface area (Å²) in [6.07, 6.45) is 1.88. The lowest BCUT2D eigenvalue weighted by Gasteiger charge is -2.56. The molecule has 0 bridgehead atoms. The van der Waals surface area contributed by atoms with Crippen LogP contribution in [-0.4, -0.2) is 39.0 Å². The summed E-state index contributed by atoms with van der Waals surface area (Å²) in [5.74, 6) is -0.00840. The average Bonchev–Trinajstić information content (AvgIpc) is 2.34. The normalized spacial score (nSPS) is 28.8. The van der Waals surface area contributed by atoms with Crippen LogP contribution in [0.3, 0.4) is 0 Å². The second kappa shape index (κ2) is 5.06. The lowest BCUT2D eigenvalue weighted by atomic mass is 9.79. The van der Waals surface area contributed by atoms with Crippen LogP contribution < -0.4 is 0 Å². The molecule has 0 aromatic rings. The molecule has 0 spiro atoms. The fourth-order valence-electron chi connectivity index (χ4n) is 2.97. The summed E-state index contributed by atoms with van der Waals surface area (Å²) in [5, 5.41) is 13.9. The van der Waals surface area contributed by atoms with Crippen molar-refractivity contribution in [2.45, 2.75) is 84.3 Å². The minimum atomic E-state index is -0.893. The zero-order valence-electron chi connectivity index (χ0n) is 13.5. The minimum Gasteiger partial charge on any atom is -0.334 e. The van der Waals surface area contributed by atoms with Gasteiger partial charge in [0, 0.05) is 12.1 Å². The molecule has 4 heteroatoms. The van der Waals surface area contributed by atoms with E-state index in [1.165, 1.54) is 0 Å². The summed E-state index contributed by atoms with van der Waals surface area (Å²) in [4.78, 5) is 14.8. The van der Waals surface area contributed by atoms with Gasteiger partial charge in [-0.3, -0.25) is 4.79 Å². The molecule has 0 aliphatic carbocycles. The van der Waals surface area contributed by atoms with Crippen LogP contribution in [0, 0.1) is 0 Å². The molecule has 1 radical (unpaired) electrons. The molecule has 19 heavy (non-hydrogen) atoms. The van der Waals surface area contributed by atoms with Crippen LogP contribution in [0.25, 0.3) is 0 Å². The molecule has 1 heterocycles. The Morgan fingerprint density at radius 2 is 1.58 bits per heavy atom. The van der Waals surface area contributed by atoms with Gasteiger partial charge in [0.2, 0.25) is 5.91 Å². The number of nitrogens with zero attached hydrogens (tertiary/aromatic N) is 2. The summed E-state index contributed by atoms with van der Waals surface area (Å²) in [6.45, 7) is 14.5. The minimum absolute atomic E-state index is 0.00840. The number of carbonyl (C=O) groups is 1. The quantitative estimate of drug-likeness (QED) is 0.790. The highest BCUT2D eigenvalue weighted by Crippen LogP contribution is 2.40. The largest absolute Gasteiger partial charge is 0.334 e. The predicted octanol–water partition coefficient (Wildman–Crippen LogP) is 3.00. The van der Waals surface area contributed by atoms with Crippen LogP contribution in [0.5, 0.6) is 0 Å². The second-order valence-electron chi connectivity index (χ2n) is 6.95. The van der Waals surface area contributed by atoms with E-state index in [0.717, 1.165) is 11.5 Å². The van der Waals surface area contributed by atoms with Crippen molar-refractivity contribution in [3.05, 3.63) is 0 Å². The van der Waals surface area contributed by atoms with E-state index in [1.807, 2.05) is 53.4 Å². The Morgan fingerprint density at radius 1 is 1.11 bits per heavy atom. The molecule has 1 amide bonds. The van der Waals surface area contributed by atoms with E-state index in [1.54, 1.807) is 0 Å². The predicted molar refractivity (Wildman–Crippen MR) is 76.0 cm³/mol. The van der Waals surface area contributed by atoms with Crippen LogP contribution in [0.1, 0.15) is 67.7 Å². The fraction of sp³-hybridized carbons (Fsp3) is 0.933. The molecule has 1 aliphatic rings. The lowest BCUT2D eigenvalue weighted by molar-refractivity contribution is -0.302. The number of hydroxylamine groups is 2. The van der Waals surface area contributed by atoms with Gasteiger partial charge in [0.25, 0.3) is 0 Å². The van der Waals surface area contributed by atoms with E-state index in [2.05, 4.69) is 0 Å². The van der Waals surface area contributed by atoms with Gasteiger partial charge in [-0.25, -0.2) is 0 Å². The van der Waals surface area contributed by atoms with Crippen LogP contribution in [-0.2, 0) is 10.0 Å². The molecule has 1 atom stereocenters. The first-order chi connectivity index (χ1) is 8.59. The molecule has 1 fully saturated rings. The Morgan fingerprint density at radius 3 is 1.89 bits per heavy atom. The number of carbonyl (C=O) groups excluding carboxylic acids is 1. The van der Waals surface area contributed by atoms with Crippen molar-refractivity contribution in [3.63, 3.8) is 0 Å². The molecule has 1 unspecified atom stereocenters. The third kappa shape index (κ3) is 2.40. The highest BCUT2D eigenvalue weighted by atomic mass is 16.5. The zero-order valence-corrected chi connectivity index (χ0v) is 13.5. The second-order valence-corrected chi connectivity index (χ2v) is 6.95. The molecule has 1 rings (SSSR count). The van der Waals surface area contributed by atoms with Crippen LogP contribution >= 0.6 is 0 Å². The van der Waals surface area contributed by atoms with E-state index in [0.29, 0.717) is 19.4 Å². The fourth-order valence-corrected chi connectivity index (χ4v) is 2.97. The topological polar surface area (TPSA) is 43.5 Å². The van der Waals surface area contributed by atoms with Crippen molar-refractivity contribution in [1.29, 1.82) is 0 Å². The Balaban J connectivity index is 3.34. The first kappa shape index (κ1) is 16.4. The van der Waals surface area contributed by atoms with Gasteiger partial charge in [-0.05, 0) is 47.0 Å². The molecule has 1 saturated heterocycles. The van der Waals surface area contributed by atoms with Gasteiger partial charge in [0.05, 0.1) is 5.54 Å². The van der Waals surface area contributed by atoms with Gasteiger partial charge < -0.3 is 4.90 Å². The van der Waals surface area contributed by atoms with E-state index >= 15 is 0 Å². The number of hydrogen-bond donors (Lipinski definition) is 0. The van der Waals surface area contributed by atoms with Gasteiger partial charge in [-0.1, -0.05) is 20.8 Å². The third-order valence-electron chi connectivity index (χ3n) is 4.76. The molecule has 1 aliphatic heterocycles. The Hall–Kier alpha value is -0.610. The van der Waals surface area contributed by atoms with Gasteiger partial charge in [0.1, 0.15) is 5.54 Å². The maximum atomic E-state index is 12.9. The van der Waals surface area contributed by atoms with Crippen molar-refractivity contribution in [1.82, 2.24) is 9.96 Å². The van der Waals surface area contributed by atoms with E-state index in [-0.39, 0.29) is 11.4 Å². The maximum Gasteiger partial charge on any atom is 0.246 e.